The van der Waals surface area contributed by atoms with Gasteiger partial charge in [0, 0.05) is 15.4 Å². The molecule has 4 aromatic rings. The fourth-order valence-corrected chi connectivity index (χ4v) is 4.11. The number of aryl methyl sites for hydroxylation is 1. The highest BCUT2D eigenvalue weighted by Gasteiger charge is 2.15. The highest BCUT2D eigenvalue weighted by Crippen LogP contribution is 2.29. The fourth-order valence-electron chi connectivity index (χ4n) is 2.23. The Kier molecular flexibility index (Phi) is 3.95. The van der Waals surface area contributed by atoms with Crippen LogP contribution in [0.5, 0.6) is 0 Å². The molecule has 0 aliphatic rings. The molecule has 0 aliphatic heterocycles. The molecule has 0 spiro atoms. The van der Waals surface area contributed by atoms with Crippen LogP contribution in [-0.2, 0) is 0 Å². The second-order valence-electron chi connectivity index (χ2n) is 5.22. The molecule has 8 heteroatoms. The van der Waals surface area contributed by atoms with Gasteiger partial charge in [0.05, 0.1) is 10.6 Å². The van der Waals surface area contributed by atoms with Crippen molar-refractivity contribution in [3.8, 4) is 27.1 Å². The Bertz CT molecular complexity index is 1000. The van der Waals surface area contributed by atoms with E-state index >= 15 is 0 Å². The number of thiazole rings is 1. The van der Waals surface area contributed by atoms with Crippen LogP contribution in [0.15, 0.2) is 45.6 Å². The van der Waals surface area contributed by atoms with Crippen LogP contribution in [0.4, 0.5) is 5.95 Å². The summed E-state index contributed by atoms with van der Waals surface area (Å²) in [6.45, 7) is 2.05. The zero-order chi connectivity index (χ0) is 16.7. The Balaban J connectivity index is 1.70. The van der Waals surface area contributed by atoms with Crippen LogP contribution in [-0.4, -0.2) is 19.7 Å². The zero-order valence-corrected chi connectivity index (χ0v) is 15.8. The van der Waals surface area contributed by atoms with E-state index in [2.05, 4.69) is 42.4 Å². The van der Waals surface area contributed by atoms with Crippen molar-refractivity contribution in [3.05, 3.63) is 51.1 Å². The molecule has 120 valence electrons. The second-order valence-corrected chi connectivity index (χ2v) is 7.88. The molecule has 3 heterocycles. The summed E-state index contributed by atoms with van der Waals surface area (Å²) in [5, 5.41) is 9.29. The lowest BCUT2D eigenvalue weighted by Crippen LogP contribution is -2.01. The Hall–Kier alpha value is -2.03. The molecule has 4 rings (SSSR count). The summed E-state index contributed by atoms with van der Waals surface area (Å²) < 4.78 is 2.63. The van der Waals surface area contributed by atoms with Gasteiger partial charge in [-0.15, -0.1) is 27.8 Å². The van der Waals surface area contributed by atoms with Crippen LogP contribution in [0, 0.1) is 6.92 Å². The lowest BCUT2D eigenvalue weighted by Gasteiger charge is -1.97. The van der Waals surface area contributed by atoms with Gasteiger partial charge in [-0.05, 0) is 36.1 Å². The number of hydrogen-bond donors (Lipinski definition) is 1. The van der Waals surface area contributed by atoms with E-state index in [1.807, 2.05) is 36.6 Å². The highest BCUT2D eigenvalue weighted by molar-refractivity contribution is 9.10. The molecule has 0 atom stereocenters. The lowest BCUT2D eigenvalue weighted by molar-refractivity contribution is 0.884. The predicted molar refractivity (Wildman–Crippen MR) is 103 cm³/mol. The molecule has 0 saturated heterocycles. The van der Waals surface area contributed by atoms with Gasteiger partial charge in [-0.1, -0.05) is 28.1 Å². The zero-order valence-electron chi connectivity index (χ0n) is 12.6. The molecule has 5 nitrogen and oxygen atoms in total. The summed E-state index contributed by atoms with van der Waals surface area (Å²) in [7, 11) is 0. The lowest BCUT2D eigenvalue weighted by atomic mass is 10.2. The molecular weight excluding hydrogens is 406 g/mol. The van der Waals surface area contributed by atoms with E-state index < -0.39 is 0 Å². The van der Waals surface area contributed by atoms with Crippen molar-refractivity contribution in [3.63, 3.8) is 0 Å². The predicted octanol–water partition coefficient (Wildman–Crippen LogP) is 4.77. The minimum atomic E-state index is 0.341. The van der Waals surface area contributed by atoms with E-state index in [9.17, 15) is 0 Å². The van der Waals surface area contributed by atoms with E-state index in [-0.39, 0.29) is 0 Å². The second kappa shape index (κ2) is 6.12. The molecule has 0 saturated carbocycles. The number of thiophene rings is 1. The van der Waals surface area contributed by atoms with E-state index in [0.29, 0.717) is 16.9 Å². The minimum Gasteiger partial charge on any atom is -0.368 e. The van der Waals surface area contributed by atoms with Crippen molar-refractivity contribution < 1.29 is 0 Å². The number of benzene rings is 1. The fraction of sp³-hybridized carbons (Fsp3) is 0.0625. The highest BCUT2D eigenvalue weighted by atomic mass is 79.9. The summed E-state index contributed by atoms with van der Waals surface area (Å²) in [5.74, 6) is 0.971. The topological polar surface area (TPSA) is 69.6 Å². The number of rotatable bonds is 3. The number of aromatic nitrogens is 4. The SMILES string of the molecule is Cc1csc(-c2nc(N)n(-c3nc(-c4ccc(Br)cc4)cs3)n2)c1. The molecule has 0 unspecified atom stereocenters. The van der Waals surface area contributed by atoms with Gasteiger partial charge in [-0.3, -0.25) is 0 Å². The number of nitrogen functional groups attached to an aromatic ring is 1. The number of nitrogens with two attached hydrogens (primary N) is 1. The van der Waals surface area contributed by atoms with Crippen molar-refractivity contribution in [1.82, 2.24) is 19.7 Å². The van der Waals surface area contributed by atoms with Gasteiger partial charge in [0.15, 0.2) is 5.82 Å². The molecule has 0 bridgehead atoms. The van der Waals surface area contributed by atoms with Gasteiger partial charge < -0.3 is 5.73 Å². The molecule has 0 fully saturated rings. The van der Waals surface area contributed by atoms with Crippen molar-refractivity contribution in [2.24, 2.45) is 0 Å². The van der Waals surface area contributed by atoms with Crippen molar-refractivity contribution in [2.45, 2.75) is 6.92 Å². The third-order valence-corrected chi connectivity index (χ3v) is 5.79. The molecule has 3 aromatic heterocycles. The van der Waals surface area contributed by atoms with Gasteiger partial charge in [-0.2, -0.15) is 9.67 Å². The summed E-state index contributed by atoms with van der Waals surface area (Å²) >= 11 is 6.54. The summed E-state index contributed by atoms with van der Waals surface area (Å²) in [6, 6.07) is 10.1. The minimum absolute atomic E-state index is 0.341. The van der Waals surface area contributed by atoms with E-state index in [4.69, 9.17) is 5.73 Å². The first kappa shape index (κ1) is 15.5. The van der Waals surface area contributed by atoms with Crippen molar-refractivity contribution in [2.75, 3.05) is 5.73 Å². The third kappa shape index (κ3) is 2.88. The molecule has 1 aromatic carbocycles. The smallest absolute Gasteiger partial charge is 0.226 e. The molecule has 0 aliphatic carbocycles. The van der Waals surface area contributed by atoms with Crippen LogP contribution >= 0.6 is 38.6 Å². The van der Waals surface area contributed by atoms with Crippen LogP contribution in [0.25, 0.3) is 27.1 Å². The van der Waals surface area contributed by atoms with Crippen molar-refractivity contribution >= 4 is 44.6 Å². The van der Waals surface area contributed by atoms with Crippen LogP contribution in [0.3, 0.4) is 0 Å². The van der Waals surface area contributed by atoms with E-state index in [0.717, 1.165) is 20.6 Å². The number of halogens is 1. The monoisotopic (exact) mass is 417 g/mol. The number of hydrogen-bond acceptors (Lipinski definition) is 6. The maximum atomic E-state index is 6.04. The molecule has 0 amide bonds. The molecule has 2 N–H and O–H groups in total. The number of nitrogens with zero attached hydrogens (tertiary/aromatic N) is 4. The van der Waals surface area contributed by atoms with Gasteiger partial charge >= 0.3 is 0 Å². The quantitative estimate of drug-likeness (QED) is 0.520. The molecular formula is C16H12BrN5S2. The van der Waals surface area contributed by atoms with Gasteiger partial charge in [0.2, 0.25) is 11.1 Å². The van der Waals surface area contributed by atoms with Gasteiger partial charge in [0.25, 0.3) is 0 Å². The summed E-state index contributed by atoms with van der Waals surface area (Å²) in [4.78, 5) is 10.0. The normalized spacial score (nSPS) is 11.1. The number of anilines is 1. The van der Waals surface area contributed by atoms with Crippen LogP contribution < -0.4 is 5.73 Å². The Labute approximate surface area is 155 Å². The molecule has 0 radical (unpaired) electrons. The first-order valence-corrected chi connectivity index (χ1v) is 9.65. The largest absolute Gasteiger partial charge is 0.368 e. The summed E-state index contributed by atoms with van der Waals surface area (Å²) in [5.41, 5.74) is 9.18. The Morgan fingerprint density at radius 1 is 1.08 bits per heavy atom. The van der Waals surface area contributed by atoms with E-state index in [1.165, 1.54) is 16.9 Å². The van der Waals surface area contributed by atoms with Gasteiger partial charge in [-0.25, -0.2) is 4.98 Å². The van der Waals surface area contributed by atoms with Crippen molar-refractivity contribution in [1.29, 1.82) is 0 Å². The maximum absolute atomic E-state index is 6.04. The Morgan fingerprint density at radius 2 is 1.88 bits per heavy atom. The maximum Gasteiger partial charge on any atom is 0.226 e. The third-order valence-electron chi connectivity index (χ3n) is 3.40. The standard InChI is InChI=1S/C16H12BrN5S2/c1-9-6-13(23-7-9)14-20-15(18)22(21-14)16-19-12(8-24-16)10-2-4-11(17)5-3-10/h2-8H,1H3,(H2,18,20,21). The average Bonchev–Trinajstić information content (AvgIpc) is 3.27. The van der Waals surface area contributed by atoms with Crippen LogP contribution in [0.2, 0.25) is 0 Å². The van der Waals surface area contributed by atoms with Gasteiger partial charge in [0.1, 0.15) is 0 Å². The first-order chi connectivity index (χ1) is 11.6. The average molecular weight is 418 g/mol. The molecule has 24 heavy (non-hydrogen) atoms. The Morgan fingerprint density at radius 3 is 2.58 bits per heavy atom. The summed E-state index contributed by atoms with van der Waals surface area (Å²) in [6.07, 6.45) is 0. The van der Waals surface area contributed by atoms with Crippen LogP contribution in [0.1, 0.15) is 5.56 Å². The first-order valence-electron chi connectivity index (χ1n) is 7.10. The van der Waals surface area contributed by atoms with E-state index in [1.54, 1.807) is 16.0 Å².